The summed E-state index contributed by atoms with van der Waals surface area (Å²) in [4.78, 5) is 22.9. The van der Waals surface area contributed by atoms with Crippen molar-refractivity contribution in [3.8, 4) is 0 Å². The molecule has 0 bridgehead atoms. The zero-order valence-corrected chi connectivity index (χ0v) is 11.9. The summed E-state index contributed by atoms with van der Waals surface area (Å²) < 4.78 is 0.504. The van der Waals surface area contributed by atoms with Crippen LogP contribution in [0.1, 0.15) is 16.8 Å². The van der Waals surface area contributed by atoms with Crippen molar-refractivity contribution in [3.05, 3.63) is 28.2 Å². The van der Waals surface area contributed by atoms with Crippen LogP contribution in [0.3, 0.4) is 0 Å². The summed E-state index contributed by atoms with van der Waals surface area (Å²) in [6.07, 6.45) is 0.888. The second-order valence-corrected chi connectivity index (χ2v) is 6.05. The molecule has 6 heteroatoms. The predicted octanol–water partition coefficient (Wildman–Crippen LogP) is 2.84. The third-order valence-corrected chi connectivity index (χ3v) is 4.62. The Hall–Kier alpha value is -1.01. The van der Waals surface area contributed by atoms with Crippen LogP contribution in [0.5, 0.6) is 0 Å². The van der Waals surface area contributed by atoms with Gasteiger partial charge in [-0.2, -0.15) is 11.8 Å². The molecule has 1 saturated heterocycles. The average Bonchev–Trinajstić information content (AvgIpc) is 2.85. The van der Waals surface area contributed by atoms with Crippen LogP contribution >= 0.6 is 27.7 Å². The van der Waals surface area contributed by atoms with Crippen molar-refractivity contribution in [2.75, 3.05) is 16.8 Å². The van der Waals surface area contributed by atoms with Crippen LogP contribution in [-0.4, -0.2) is 28.5 Å². The minimum absolute atomic E-state index is 0.0290. The molecule has 1 amide bonds. The molecule has 2 N–H and O–H groups in total. The molecule has 2 rings (SSSR count). The number of anilines is 1. The highest BCUT2D eigenvalue weighted by atomic mass is 79.9. The monoisotopic (exact) mass is 329 g/mol. The zero-order valence-electron chi connectivity index (χ0n) is 9.48. The summed E-state index contributed by atoms with van der Waals surface area (Å²) in [5.41, 5.74) is 0.672. The lowest BCUT2D eigenvalue weighted by Gasteiger charge is -2.10. The summed E-state index contributed by atoms with van der Waals surface area (Å²) in [5, 5.41) is 11.8. The first-order chi connectivity index (χ1) is 8.58. The molecule has 1 atom stereocenters. The summed E-state index contributed by atoms with van der Waals surface area (Å²) in [6.45, 7) is 0. The number of aromatic carboxylic acids is 1. The molecule has 1 aliphatic heterocycles. The van der Waals surface area contributed by atoms with Crippen LogP contribution in [0, 0.1) is 5.92 Å². The van der Waals surface area contributed by atoms with Crippen molar-refractivity contribution in [1.82, 2.24) is 0 Å². The molecule has 1 aromatic rings. The molecule has 0 spiro atoms. The van der Waals surface area contributed by atoms with Crippen molar-refractivity contribution in [1.29, 1.82) is 0 Å². The number of rotatable bonds is 3. The van der Waals surface area contributed by atoms with E-state index < -0.39 is 5.97 Å². The van der Waals surface area contributed by atoms with Crippen LogP contribution in [0.15, 0.2) is 22.7 Å². The van der Waals surface area contributed by atoms with Crippen LogP contribution in [0.4, 0.5) is 5.69 Å². The molecule has 0 aliphatic carbocycles. The van der Waals surface area contributed by atoms with Gasteiger partial charge in [0.25, 0.3) is 0 Å². The number of hydrogen-bond donors (Lipinski definition) is 2. The SMILES string of the molecule is O=C(O)c1cc(NC(=O)C2CCSC2)ccc1Br. The van der Waals surface area contributed by atoms with Gasteiger partial charge in [-0.1, -0.05) is 0 Å². The van der Waals surface area contributed by atoms with E-state index in [1.54, 1.807) is 23.9 Å². The summed E-state index contributed by atoms with van der Waals surface area (Å²) in [7, 11) is 0. The number of nitrogens with one attached hydrogen (secondary N) is 1. The van der Waals surface area contributed by atoms with Gasteiger partial charge in [0.1, 0.15) is 0 Å². The number of halogens is 1. The first-order valence-electron chi connectivity index (χ1n) is 5.49. The minimum Gasteiger partial charge on any atom is -0.478 e. The molecule has 1 heterocycles. The van der Waals surface area contributed by atoms with E-state index in [-0.39, 0.29) is 17.4 Å². The molecule has 1 unspecified atom stereocenters. The molecule has 96 valence electrons. The number of carbonyl (C=O) groups is 2. The Kier molecular flexibility index (Phi) is 4.29. The predicted molar refractivity (Wildman–Crippen MR) is 75.2 cm³/mol. The second-order valence-electron chi connectivity index (χ2n) is 4.05. The van der Waals surface area contributed by atoms with E-state index in [9.17, 15) is 9.59 Å². The molecule has 0 radical (unpaired) electrons. The molecular weight excluding hydrogens is 318 g/mol. The molecule has 1 fully saturated rings. The van der Waals surface area contributed by atoms with Gasteiger partial charge in [-0.3, -0.25) is 4.79 Å². The van der Waals surface area contributed by atoms with Gasteiger partial charge in [-0.15, -0.1) is 0 Å². The highest BCUT2D eigenvalue weighted by Crippen LogP contribution is 2.26. The Balaban J connectivity index is 2.11. The Morgan fingerprint density at radius 2 is 2.22 bits per heavy atom. The lowest BCUT2D eigenvalue weighted by atomic mass is 10.1. The third-order valence-electron chi connectivity index (χ3n) is 2.76. The highest BCUT2D eigenvalue weighted by molar-refractivity contribution is 9.10. The van der Waals surface area contributed by atoms with Gasteiger partial charge in [0.2, 0.25) is 5.91 Å². The zero-order chi connectivity index (χ0) is 13.1. The quantitative estimate of drug-likeness (QED) is 0.894. The smallest absolute Gasteiger partial charge is 0.336 e. The van der Waals surface area contributed by atoms with Gasteiger partial charge in [0.05, 0.1) is 5.56 Å². The fraction of sp³-hybridized carbons (Fsp3) is 0.333. The number of benzene rings is 1. The first-order valence-corrected chi connectivity index (χ1v) is 7.44. The Morgan fingerprint density at radius 1 is 1.44 bits per heavy atom. The van der Waals surface area contributed by atoms with Crippen molar-refractivity contribution in [3.63, 3.8) is 0 Å². The molecule has 0 aromatic heterocycles. The average molecular weight is 330 g/mol. The van der Waals surface area contributed by atoms with E-state index in [4.69, 9.17) is 5.11 Å². The summed E-state index contributed by atoms with van der Waals surface area (Å²) in [5.74, 6) is 0.840. The Labute approximate surface area is 117 Å². The number of amides is 1. The van der Waals surface area contributed by atoms with Crippen LogP contribution in [-0.2, 0) is 4.79 Å². The van der Waals surface area contributed by atoms with Gasteiger partial charge in [-0.25, -0.2) is 4.79 Å². The van der Waals surface area contributed by atoms with Crippen LogP contribution < -0.4 is 5.32 Å². The first kappa shape index (κ1) is 13.4. The van der Waals surface area contributed by atoms with Gasteiger partial charge >= 0.3 is 5.97 Å². The number of hydrogen-bond acceptors (Lipinski definition) is 3. The summed E-state index contributed by atoms with van der Waals surface area (Å²) >= 11 is 4.94. The number of carboxylic acid groups (broad SMARTS) is 1. The van der Waals surface area contributed by atoms with E-state index in [2.05, 4.69) is 21.2 Å². The van der Waals surface area contributed by atoms with E-state index in [1.807, 2.05) is 0 Å². The topological polar surface area (TPSA) is 66.4 Å². The molecule has 18 heavy (non-hydrogen) atoms. The lowest BCUT2D eigenvalue weighted by Crippen LogP contribution is -2.22. The fourth-order valence-corrected chi connectivity index (χ4v) is 3.39. The van der Waals surface area contributed by atoms with E-state index in [0.29, 0.717) is 10.2 Å². The summed E-state index contributed by atoms with van der Waals surface area (Å²) in [6, 6.07) is 4.78. The molecule has 0 saturated carbocycles. The highest BCUT2D eigenvalue weighted by Gasteiger charge is 2.23. The van der Waals surface area contributed by atoms with Crippen LogP contribution in [0.2, 0.25) is 0 Å². The van der Waals surface area contributed by atoms with Crippen molar-refractivity contribution >= 4 is 45.3 Å². The molecule has 4 nitrogen and oxygen atoms in total. The Morgan fingerprint density at radius 3 is 2.83 bits per heavy atom. The molecule has 1 aliphatic rings. The van der Waals surface area contributed by atoms with E-state index in [1.165, 1.54) is 6.07 Å². The van der Waals surface area contributed by atoms with Gasteiger partial charge in [-0.05, 0) is 46.3 Å². The maximum absolute atomic E-state index is 11.9. The van der Waals surface area contributed by atoms with Gasteiger partial charge < -0.3 is 10.4 Å². The maximum atomic E-state index is 11.9. The standard InChI is InChI=1S/C12H12BrNO3S/c13-10-2-1-8(5-9(10)12(16)17)14-11(15)7-3-4-18-6-7/h1-2,5,7H,3-4,6H2,(H,14,15)(H,16,17). The number of thioether (sulfide) groups is 1. The van der Waals surface area contributed by atoms with Crippen molar-refractivity contribution in [2.24, 2.45) is 5.92 Å². The van der Waals surface area contributed by atoms with Gasteiger partial charge in [0, 0.05) is 21.8 Å². The third kappa shape index (κ3) is 3.05. The minimum atomic E-state index is -1.02. The van der Waals surface area contributed by atoms with Gasteiger partial charge in [0.15, 0.2) is 0 Å². The van der Waals surface area contributed by atoms with Crippen LogP contribution in [0.25, 0.3) is 0 Å². The number of carboxylic acids is 1. The maximum Gasteiger partial charge on any atom is 0.336 e. The molecular formula is C12H12BrNO3S. The normalized spacial score (nSPS) is 18.6. The van der Waals surface area contributed by atoms with Crippen molar-refractivity contribution < 1.29 is 14.7 Å². The fourth-order valence-electron chi connectivity index (χ4n) is 1.75. The Bertz CT molecular complexity index is 486. The number of carbonyl (C=O) groups excluding carboxylic acids is 1. The largest absolute Gasteiger partial charge is 0.478 e. The van der Waals surface area contributed by atoms with E-state index in [0.717, 1.165) is 17.9 Å². The molecule has 1 aromatic carbocycles. The van der Waals surface area contributed by atoms with E-state index >= 15 is 0 Å². The van der Waals surface area contributed by atoms with Crippen molar-refractivity contribution in [2.45, 2.75) is 6.42 Å². The second kappa shape index (κ2) is 5.75. The lowest BCUT2D eigenvalue weighted by molar-refractivity contribution is -0.119.